The molecule has 0 bridgehead atoms. The molecule has 6 heteroatoms. The van der Waals surface area contributed by atoms with E-state index >= 15 is 0 Å². The average molecular weight is 831 g/mol. The highest BCUT2D eigenvalue weighted by molar-refractivity contribution is 6.73. The molecule has 0 unspecified atom stereocenters. The van der Waals surface area contributed by atoms with Crippen LogP contribution in [-0.2, 0) is 10.8 Å². The Morgan fingerprint density at radius 1 is 0.484 bits per heavy atom. The van der Waals surface area contributed by atoms with Gasteiger partial charge in [-0.3, -0.25) is 0 Å². The second kappa shape index (κ2) is 14.0. The van der Waals surface area contributed by atoms with Crippen molar-refractivity contribution < 1.29 is 13.3 Å². The fourth-order valence-corrected chi connectivity index (χ4v) is 9.94. The summed E-state index contributed by atoms with van der Waals surface area (Å²) in [5.41, 5.74) is 18.2. The number of hydrogen-bond acceptors (Lipinski definition) is 5. The van der Waals surface area contributed by atoms with Crippen molar-refractivity contribution in [2.45, 2.75) is 52.4 Å². The highest BCUT2D eigenvalue weighted by Crippen LogP contribution is 2.51. The predicted molar refractivity (Wildman–Crippen MR) is 270 cm³/mol. The van der Waals surface area contributed by atoms with Crippen molar-refractivity contribution in [2.75, 3.05) is 10.2 Å². The van der Waals surface area contributed by atoms with Crippen LogP contribution in [-0.4, -0.2) is 7.28 Å². The maximum absolute atomic E-state index is 7.13. The monoisotopic (exact) mass is 830 g/mol. The minimum atomic E-state index is -0.0626. The van der Waals surface area contributed by atoms with Gasteiger partial charge in [0.05, 0.1) is 17.0 Å². The van der Waals surface area contributed by atoms with Gasteiger partial charge in [-0.2, -0.15) is 0 Å². The summed E-state index contributed by atoms with van der Waals surface area (Å²) in [5.74, 6) is 0. The molecule has 0 radical (unpaired) electrons. The van der Waals surface area contributed by atoms with Crippen molar-refractivity contribution in [3.8, 4) is 22.3 Å². The third-order valence-electron chi connectivity index (χ3n) is 13.2. The van der Waals surface area contributed by atoms with E-state index in [4.69, 9.17) is 13.3 Å². The Hall–Kier alpha value is -7.44. The van der Waals surface area contributed by atoms with Crippen LogP contribution in [0.5, 0.6) is 0 Å². The molecule has 0 saturated carbocycles. The van der Waals surface area contributed by atoms with Crippen LogP contribution in [0, 0.1) is 0 Å². The van der Waals surface area contributed by atoms with E-state index in [-0.39, 0.29) is 10.8 Å². The third kappa shape index (κ3) is 6.00. The number of furan rings is 3. The van der Waals surface area contributed by atoms with E-state index in [0.717, 1.165) is 117 Å². The highest BCUT2D eigenvalue weighted by atomic mass is 16.3. The maximum atomic E-state index is 7.13. The first-order chi connectivity index (χ1) is 31.0. The fraction of sp³-hybridized carbons (Fsp3) is 0.138. The van der Waals surface area contributed by atoms with Gasteiger partial charge in [0, 0.05) is 60.7 Å². The molecule has 8 aromatic carbocycles. The number of para-hydroxylation sites is 3. The zero-order valence-electron chi connectivity index (χ0n) is 37.0. The van der Waals surface area contributed by atoms with Gasteiger partial charge >= 0.3 is 0 Å². The smallest absolute Gasteiger partial charge is 0.245 e. The van der Waals surface area contributed by atoms with Crippen molar-refractivity contribution in [2.24, 2.45) is 0 Å². The summed E-state index contributed by atoms with van der Waals surface area (Å²) in [6.07, 6.45) is 0. The summed E-state index contributed by atoms with van der Waals surface area (Å²) >= 11 is 0. The van der Waals surface area contributed by atoms with Crippen LogP contribution in [0.25, 0.3) is 77.1 Å². The van der Waals surface area contributed by atoms with Gasteiger partial charge in [-0.1, -0.05) is 139 Å². The quantitative estimate of drug-likeness (QED) is 0.175. The Labute approximate surface area is 373 Å². The Balaban J connectivity index is 1.23. The molecule has 0 atom stereocenters. The molecule has 0 fully saturated rings. The number of hydrogen-bond donors (Lipinski definition) is 1. The molecule has 0 saturated heterocycles. The molecular formula is C58H47BN2O3. The van der Waals surface area contributed by atoms with Crippen LogP contribution < -0.4 is 21.3 Å². The molecule has 64 heavy (non-hydrogen) atoms. The number of rotatable bonds is 5. The van der Waals surface area contributed by atoms with E-state index < -0.39 is 0 Å². The SMILES string of the molecule is CC(C)(C)c1ccc(Nc2ccc3oc4ccccc4c3c2-c2c3c(cc4c2oc2ccccc24)N(c2ccc(C(C)(C)C)cc2-c2ccccc2)c2c(oc4ccccc24)B3)cc1. The zero-order valence-corrected chi connectivity index (χ0v) is 37.0. The standard InChI is InChI=1S/C58H47BN2O3/c1-57(2,3)35-24-27-37(28-25-35)60-43-29-31-49-50(39-19-11-14-22-47(39)62-49)51(43)52-53-45(33-42-38-18-10-13-21-46(38)63-55(42)52)61(54-40-20-12-15-23-48(40)64-56(54)59-53)44-30-26-36(58(4,5)6)32-41(44)34-16-8-7-9-17-34/h7-33,59-60H,1-6H3. The van der Waals surface area contributed by atoms with E-state index in [1.54, 1.807) is 0 Å². The first kappa shape index (κ1) is 38.3. The normalized spacial score (nSPS) is 12.9. The summed E-state index contributed by atoms with van der Waals surface area (Å²) in [6, 6.07) is 58.5. The van der Waals surface area contributed by atoms with Crippen molar-refractivity contribution in [3.63, 3.8) is 0 Å². The molecule has 0 aliphatic carbocycles. The molecule has 1 aliphatic heterocycles. The van der Waals surface area contributed by atoms with Gasteiger partial charge in [0.15, 0.2) is 0 Å². The lowest BCUT2D eigenvalue weighted by molar-refractivity contribution is 0.590. The molecule has 0 spiro atoms. The molecule has 1 N–H and O–H groups in total. The molecule has 5 nitrogen and oxygen atoms in total. The summed E-state index contributed by atoms with van der Waals surface area (Å²) in [4.78, 5) is 2.48. The Morgan fingerprint density at radius 3 is 1.83 bits per heavy atom. The molecule has 1 aliphatic rings. The molecule has 3 aromatic heterocycles. The minimum absolute atomic E-state index is 0.0309. The van der Waals surface area contributed by atoms with Crippen LogP contribution >= 0.6 is 0 Å². The second-order valence-corrected chi connectivity index (χ2v) is 19.4. The van der Waals surface area contributed by atoms with Gasteiger partial charge in [-0.15, -0.1) is 0 Å². The lowest BCUT2D eigenvalue weighted by atomic mass is 9.61. The summed E-state index contributed by atoms with van der Waals surface area (Å²) < 4.78 is 20.8. The van der Waals surface area contributed by atoms with Gasteiger partial charge in [0.2, 0.25) is 7.28 Å². The van der Waals surface area contributed by atoms with E-state index in [1.807, 2.05) is 6.07 Å². The number of nitrogens with one attached hydrogen (secondary N) is 1. The van der Waals surface area contributed by atoms with Crippen LogP contribution in [0.3, 0.4) is 0 Å². The van der Waals surface area contributed by atoms with E-state index in [9.17, 15) is 0 Å². The van der Waals surface area contributed by atoms with Crippen molar-refractivity contribution in [1.29, 1.82) is 0 Å². The van der Waals surface area contributed by atoms with Crippen LogP contribution in [0.1, 0.15) is 52.7 Å². The third-order valence-corrected chi connectivity index (χ3v) is 13.2. The Kier molecular flexibility index (Phi) is 8.39. The second-order valence-electron chi connectivity index (χ2n) is 19.4. The molecular weight excluding hydrogens is 783 g/mol. The number of benzene rings is 8. The summed E-state index contributed by atoms with van der Waals surface area (Å²) in [7, 11) is 0.546. The van der Waals surface area contributed by atoms with Crippen LogP contribution in [0.15, 0.2) is 177 Å². The maximum Gasteiger partial charge on any atom is 0.245 e. The summed E-state index contributed by atoms with van der Waals surface area (Å²) in [5, 5.41) is 9.17. The first-order valence-electron chi connectivity index (χ1n) is 22.3. The van der Waals surface area contributed by atoms with E-state index in [2.05, 4.69) is 209 Å². The van der Waals surface area contributed by atoms with Gasteiger partial charge < -0.3 is 23.5 Å². The molecule has 0 amide bonds. The van der Waals surface area contributed by atoms with Crippen LogP contribution in [0.2, 0.25) is 0 Å². The predicted octanol–water partition coefficient (Wildman–Crippen LogP) is 15.1. The van der Waals surface area contributed by atoms with Gasteiger partial charge in [0.25, 0.3) is 0 Å². The lowest BCUT2D eigenvalue weighted by Gasteiger charge is -2.35. The minimum Gasteiger partial charge on any atom is -0.469 e. The average Bonchev–Trinajstić information content (AvgIpc) is 3.99. The lowest BCUT2D eigenvalue weighted by Crippen LogP contribution is -2.40. The number of anilines is 5. The molecule has 4 heterocycles. The molecule has 310 valence electrons. The number of fused-ring (bicyclic) bond motifs is 10. The summed E-state index contributed by atoms with van der Waals surface area (Å²) in [6.45, 7) is 13.6. The first-order valence-corrected chi connectivity index (χ1v) is 22.3. The molecule has 12 rings (SSSR count). The van der Waals surface area contributed by atoms with E-state index in [1.165, 1.54) is 11.1 Å². The van der Waals surface area contributed by atoms with Crippen molar-refractivity contribution in [3.05, 3.63) is 175 Å². The highest BCUT2D eigenvalue weighted by Gasteiger charge is 2.37. The molecule has 11 aromatic rings. The van der Waals surface area contributed by atoms with Gasteiger partial charge in [0.1, 0.15) is 27.9 Å². The van der Waals surface area contributed by atoms with Gasteiger partial charge in [-0.25, -0.2) is 0 Å². The Bertz CT molecular complexity index is 3640. The zero-order chi connectivity index (χ0) is 43.5. The van der Waals surface area contributed by atoms with E-state index in [0.29, 0.717) is 7.28 Å². The van der Waals surface area contributed by atoms with Gasteiger partial charge in [-0.05, 0) is 99.7 Å². The fourth-order valence-electron chi connectivity index (χ4n) is 9.94. The number of nitrogens with zero attached hydrogens (tertiary/aromatic N) is 1. The van der Waals surface area contributed by atoms with Crippen LogP contribution in [0.4, 0.5) is 28.4 Å². The topological polar surface area (TPSA) is 54.7 Å². The largest absolute Gasteiger partial charge is 0.469 e. The van der Waals surface area contributed by atoms with Crippen molar-refractivity contribution >= 4 is 102 Å². The van der Waals surface area contributed by atoms with Crippen molar-refractivity contribution in [1.82, 2.24) is 0 Å². The Morgan fingerprint density at radius 2 is 1.11 bits per heavy atom.